The molecule has 1 heterocycles. The first-order valence-corrected chi connectivity index (χ1v) is 7.54. The first kappa shape index (κ1) is 13.4. The van der Waals surface area contributed by atoms with E-state index in [1.807, 2.05) is 0 Å². The molecule has 4 atom stereocenters. The minimum Gasteiger partial charge on any atom is -0.310 e. The lowest BCUT2D eigenvalue weighted by Gasteiger charge is -2.30. The summed E-state index contributed by atoms with van der Waals surface area (Å²) in [5.74, 6) is 1.74. The van der Waals surface area contributed by atoms with Crippen LogP contribution in [0, 0.1) is 11.8 Å². The van der Waals surface area contributed by atoms with Crippen LogP contribution in [0.15, 0.2) is 0 Å². The lowest BCUT2D eigenvalue weighted by Crippen LogP contribution is -2.43. The molecule has 17 heavy (non-hydrogen) atoms. The molecule has 1 aliphatic carbocycles. The Morgan fingerprint density at radius 1 is 1.18 bits per heavy atom. The zero-order valence-corrected chi connectivity index (χ0v) is 12.1. The molecule has 100 valence electrons. The molecule has 0 spiro atoms. The van der Waals surface area contributed by atoms with Crippen LogP contribution in [0.2, 0.25) is 0 Å². The molecule has 0 aromatic heterocycles. The first-order valence-electron chi connectivity index (χ1n) is 7.54. The average molecular weight is 238 g/mol. The third kappa shape index (κ3) is 3.23. The quantitative estimate of drug-likeness (QED) is 0.810. The Kier molecular flexibility index (Phi) is 4.48. The molecule has 0 aromatic rings. The molecular formula is C15H30N2. The Balaban J connectivity index is 1.80. The summed E-state index contributed by atoms with van der Waals surface area (Å²) in [6, 6.07) is 2.28. The van der Waals surface area contributed by atoms with Crippen LogP contribution < -0.4 is 5.32 Å². The second-order valence-corrected chi connectivity index (χ2v) is 6.67. The predicted molar refractivity (Wildman–Crippen MR) is 74.2 cm³/mol. The SMILES string of the molecule is CC(C)C(C)N(C)CC1CC2CCCCC2N1. The zero-order valence-electron chi connectivity index (χ0n) is 12.1. The van der Waals surface area contributed by atoms with Gasteiger partial charge in [0.25, 0.3) is 0 Å². The highest BCUT2D eigenvalue weighted by Crippen LogP contribution is 2.33. The van der Waals surface area contributed by atoms with E-state index in [-0.39, 0.29) is 0 Å². The molecule has 0 amide bonds. The van der Waals surface area contributed by atoms with Crippen LogP contribution in [0.5, 0.6) is 0 Å². The van der Waals surface area contributed by atoms with Crippen LogP contribution in [0.4, 0.5) is 0 Å². The summed E-state index contributed by atoms with van der Waals surface area (Å²) in [6.45, 7) is 8.23. The monoisotopic (exact) mass is 238 g/mol. The number of hydrogen-bond acceptors (Lipinski definition) is 2. The van der Waals surface area contributed by atoms with Crippen molar-refractivity contribution in [3.8, 4) is 0 Å². The van der Waals surface area contributed by atoms with Crippen LogP contribution in [-0.4, -0.2) is 36.6 Å². The molecule has 0 bridgehead atoms. The van der Waals surface area contributed by atoms with E-state index in [9.17, 15) is 0 Å². The van der Waals surface area contributed by atoms with E-state index in [0.717, 1.165) is 23.9 Å². The summed E-state index contributed by atoms with van der Waals surface area (Å²) < 4.78 is 0. The molecule has 1 aliphatic heterocycles. The summed E-state index contributed by atoms with van der Waals surface area (Å²) >= 11 is 0. The van der Waals surface area contributed by atoms with Gasteiger partial charge in [0.2, 0.25) is 0 Å². The molecule has 1 N–H and O–H groups in total. The van der Waals surface area contributed by atoms with Gasteiger partial charge in [-0.05, 0) is 45.1 Å². The largest absolute Gasteiger partial charge is 0.310 e. The van der Waals surface area contributed by atoms with Gasteiger partial charge in [0.15, 0.2) is 0 Å². The summed E-state index contributed by atoms with van der Waals surface area (Å²) in [6.07, 6.45) is 7.22. The number of likely N-dealkylation sites (N-methyl/N-ethyl adjacent to an activating group) is 1. The molecule has 1 saturated carbocycles. The van der Waals surface area contributed by atoms with Crippen LogP contribution in [-0.2, 0) is 0 Å². The third-order valence-corrected chi connectivity index (χ3v) is 5.11. The maximum absolute atomic E-state index is 3.88. The standard InChI is InChI=1S/C15H30N2/c1-11(2)12(3)17(4)10-14-9-13-7-5-6-8-15(13)16-14/h11-16H,5-10H2,1-4H3. The normalized spacial score (nSPS) is 35.3. The van der Waals surface area contributed by atoms with Gasteiger partial charge in [-0.15, -0.1) is 0 Å². The Hall–Kier alpha value is -0.0800. The van der Waals surface area contributed by atoms with Crippen molar-refractivity contribution in [2.45, 2.75) is 71.0 Å². The van der Waals surface area contributed by atoms with Crippen LogP contribution in [0.1, 0.15) is 52.9 Å². The van der Waals surface area contributed by atoms with Crippen molar-refractivity contribution < 1.29 is 0 Å². The van der Waals surface area contributed by atoms with E-state index in [1.54, 1.807) is 0 Å². The lowest BCUT2D eigenvalue weighted by molar-refractivity contribution is 0.190. The summed E-state index contributed by atoms with van der Waals surface area (Å²) in [7, 11) is 2.29. The average Bonchev–Trinajstić information content (AvgIpc) is 2.69. The van der Waals surface area contributed by atoms with Gasteiger partial charge in [0.1, 0.15) is 0 Å². The van der Waals surface area contributed by atoms with Crippen molar-refractivity contribution in [2.24, 2.45) is 11.8 Å². The Morgan fingerprint density at radius 2 is 1.88 bits per heavy atom. The van der Waals surface area contributed by atoms with E-state index < -0.39 is 0 Å². The maximum atomic E-state index is 3.88. The molecule has 2 fully saturated rings. The van der Waals surface area contributed by atoms with Crippen LogP contribution >= 0.6 is 0 Å². The molecule has 2 rings (SSSR count). The second-order valence-electron chi connectivity index (χ2n) is 6.67. The molecule has 0 aromatic carbocycles. The maximum Gasteiger partial charge on any atom is 0.0200 e. The van der Waals surface area contributed by atoms with E-state index in [2.05, 4.69) is 38.0 Å². The smallest absolute Gasteiger partial charge is 0.0200 e. The number of rotatable bonds is 4. The molecule has 0 radical (unpaired) electrons. The van der Waals surface area contributed by atoms with Gasteiger partial charge in [-0.2, -0.15) is 0 Å². The Morgan fingerprint density at radius 3 is 2.53 bits per heavy atom. The van der Waals surface area contributed by atoms with Crippen molar-refractivity contribution in [3.05, 3.63) is 0 Å². The Labute approximate surface area is 107 Å². The van der Waals surface area contributed by atoms with Crippen molar-refractivity contribution in [3.63, 3.8) is 0 Å². The highest BCUT2D eigenvalue weighted by atomic mass is 15.2. The van der Waals surface area contributed by atoms with E-state index >= 15 is 0 Å². The van der Waals surface area contributed by atoms with Crippen LogP contribution in [0.25, 0.3) is 0 Å². The van der Waals surface area contributed by atoms with E-state index in [1.165, 1.54) is 38.6 Å². The minimum absolute atomic E-state index is 0.694. The fourth-order valence-corrected chi connectivity index (χ4v) is 3.60. The van der Waals surface area contributed by atoms with Gasteiger partial charge < -0.3 is 10.2 Å². The zero-order chi connectivity index (χ0) is 12.4. The number of nitrogens with zero attached hydrogens (tertiary/aromatic N) is 1. The predicted octanol–water partition coefficient (Wildman–Crippen LogP) is 2.88. The van der Waals surface area contributed by atoms with Crippen molar-refractivity contribution in [1.29, 1.82) is 0 Å². The first-order chi connectivity index (χ1) is 8.08. The van der Waals surface area contributed by atoms with Gasteiger partial charge in [-0.3, -0.25) is 0 Å². The summed E-state index contributed by atoms with van der Waals surface area (Å²) in [4.78, 5) is 2.54. The lowest BCUT2D eigenvalue weighted by atomic mass is 9.85. The van der Waals surface area contributed by atoms with Gasteiger partial charge >= 0.3 is 0 Å². The third-order valence-electron chi connectivity index (χ3n) is 5.11. The number of hydrogen-bond donors (Lipinski definition) is 1. The van der Waals surface area contributed by atoms with Crippen LogP contribution in [0.3, 0.4) is 0 Å². The van der Waals surface area contributed by atoms with Gasteiger partial charge in [0.05, 0.1) is 0 Å². The second kappa shape index (κ2) is 5.71. The van der Waals surface area contributed by atoms with Crippen molar-refractivity contribution in [1.82, 2.24) is 10.2 Å². The van der Waals surface area contributed by atoms with Crippen molar-refractivity contribution in [2.75, 3.05) is 13.6 Å². The molecule has 4 unspecified atom stereocenters. The Bertz CT molecular complexity index is 225. The van der Waals surface area contributed by atoms with E-state index in [0.29, 0.717) is 6.04 Å². The molecule has 2 nitrogen and oxygen atoms in total. The summed E-state index contributed by atoms with van der Waals surface area (Å²) in [5, 5.41) is 3.88. The summed E-state index contributed by atoms with van der Waals surface area (Å²) in [5.41, 5.74) is 0. The highest BCUT2D eigenvalue weighted by molar-refractivity contribution is 4.94. The number of nitrogens with one attached hydrogen (secondary N) is 1. The van der Waals surface area contributed by atoms with Crippen molar-refractivity contribution >= 4 is 0 Å². The van der Waals surface area contributed by atoms with Gasteiger partial charge in [0, 0.05) is 24.7 Å². The number of fused-ring (bicyclic) bond motifs is 1. The minimum atomic E-state index is 0.694. The van der Waals surface area contributed by atoms with Gasteiger partial charge in [-0.1, -0.05) is 26.7 Å². The fraction of sp³-hybridized carbons (Fsp3) is 1.00. The fourth-order valence-electron chi connectivity index (χ4n) is 3.60. The molecule has 1 saturated heterocycles. The molecular weight excluding hydrogens is 208 g/mol. The molecule has 2 heteroatoms. The van der Waals surface area contributed by atoms with E-state index in [4.69, 9.17) is 0 Å². The highest BCUT2D eigenvalue weighted by Gasteiger charge is 2.35. The topological polar surface area (TPSA) is 15.3 Å². The van der Waals surface area contributed by atoms with Gasteiger partial charge in [-0.25, -0.2) is 0 Å². The molecule has 2 aliphatic rings.